The van der Waals surface area contributed by atoms with E-state index in [0.29, 0.717) is 17.2 Å². The second kappa shape index (κ2) is 6.89. The highest BCUT2D eigenvalue weighted by molar-refractivity contribution is 7.21. The fourth-order valence-corrected chi connectivity index (χ4v) is 3.90. The fourth-order valence-electron chi connectivity index (χ4n) is 2.92. The summed E-state index contributed by atoms with van der Waals surface area (Å²) in [6.45, 7) is 4.55. The standard InChI is InChI=1S/C21H19N3O2S/c1-3-26-15-9-6-13-10-16-18(22)19(27-21(16)24-17(13)11-15)20(25)23-14-7-4-12(2)5-8-14/h4-11H,3,22H2,1-2H3,(H,23,25). The van der Waals surface area contributed by atoms with Crippen LogP contribution in [0.5, 0.6) is 5.75 Å². The molecule has 3 N–H and O–H groups in total. The normalized spacial score (nSPS) is 11.0. The third-order valence-electron chi connectivity index (χ3n) is 4.31. The maximum Gasteiger partial charge on any atom is 0.267 e. The van der Waals surface area contributed by atoms with Crippen molar-refractivity contribution >= 4 is 49.7 Å². The third-order valence-corrected chi connectivity index (χ3v) is 5.43. The summed E-state index contributed by atoms with van der Waals surface area (Å²) in [5, 5.41) is 4.65. The van der Waals surface area contributed by atoms with E-state index in [-0.39, 0.29) is 5.91 Å². The molecule has 0 fully saturated rings. The predicted octanol–water partition coefficient (Wildman–Crippen LogP) is 4.99. The van der Waals surface area contributed by atoms with Gasteiger partial charge in [0.2, 0.25) is 0 Å². The Hall–Kier alpha value is -3.12. The highest BCUT2D eigenvalue weighted by Crippen LogP contribution is 2.35. The monoisotopic (exact) mass is 377 g/mol. The molecule has 2 aromatic carbocycles. The summed E-state index contributed by atoms with van der Waals surface area (Å²) in [5.74, 6) is 0.553. The van der Waals surface area contributed by atoms with Crippen LogP contribution >= 0.6 is 11.3 Å². The average Bonchev–Trinajstić information content (AvgIpc) is 2.98. The number of nitrogen functional groups attached to an aromatic ring is 1. The van der Waals surface area contributed by atoms with Crippen molar-refractivity contribution in [2.45, 2.75) is 13.8 Å². The zero-order valence-electron chi connectivity index (χ0n) is 15.1. The number of carbonyl (C=O) groups excluding carboxylic acids is 1. The van der Waals surface area contributed by atoms with E-state index in [1.807, 2.05) is 62.4 Å². The number of amides is 1. The van der Waals surface area contributed by atoms with Gasteiger partial charge >= 0.3 is 0 Å². The molecule has 0 atom stereocenters. The number of pyridine rings is 1. The molecule has 6 heteroatoms. The SMILES string of the molecule is CCOc1ccc2cc3c(N)c(C(=O)Nc4ccc(C)cc4)sc3nc2c1. The van der Waals surface area contributed by atoms with Gasteiger partial charge in [-0.1, -0.05) is 17.7 Å². The van der Waals surface area contributed by atoms with Crippen molar-refractivity contribution in [1.29, 1.82) is 0 Å². The summed E-state index contributed by atoms with van der Waals surface area (Å²) in [7, 11) is 0. The number of hydrogen-bond acceptors (Lipinski definition) is 5. The van der Waals surface area contributed by atoms with Gasteiger partial charge in [0.15, 0.2) is 0 Å². The van der Waals surface area contributed by atoms with E-state index in [1.165, 1.54) is 11.3 Å². The summed E-state index contributed by atoms with van der Waals surface area (Å²) >= 11 is 1.30. The number of hydrogen-bond donors (Lipinski definition) is 2. The Bertz CT molecular complexity index is 1150. The van der Waals surface area contributed by atoms with Crippen LogP contribution in [0.3, 0.4) is 0 Å². The molecule has 0 saturated heterocycles. The molecule has 27 heavy (non-hydrogen) atoms. The van der Waals surface area contributed by atoms with Crippen LogP contribution < -0.4 is 15.8 Å². The van der Waals surface area contributed by atoms with Gasteiger partial charge in [-0.3, -0.25) is 4.79 Å². The minimum Gasteiger partial charge on any atom is -0.494 e. The fraction of sp³-hybridized carbons (Fsp3) is 0.143. The molecule has 0 aliphatic carbocycles. The molecule has 1 amide bonds. The molecule has 0 saturated carbocycles. The number of benzene rings is 2. The number of aromatic nitrogens is 1. The molecule has 2 heterocycles. The second-order valence-corrected chi connectivity index (χ2v) is 7.29. The molecule has 136 valence electrons. The molecule has 0 bridgehead atoms. The van der Waals surface area contributed by atoms with Gasteiger partial charge in [0.25, 0.3) is 5.91 Å². The predicted molar refractivity (Wildman–Crippen MR) is 112 cm³/mol. The summed E-state index contributed by atoms with van der Waals surface area (Å²) in [6, 6.07) is 15.4. The van der Waals surface area contributed by atoms with Crippen LogP contribution in [0.1, 0.15) is 22.2 Å². The van der Waals surface area contributed by atoms with Crippen LogP contribution in [0.2, 0.25) is 0 Å². The van der Waals surface area contributed by atoms with E-state index >= 15 is 0 Å². The van der Waals surface area contributed by atoms with Crippen molar-refractivity contribution in [3.8, 4) is 5.75 Å². The van der Waals surface area contributed by atoms with Crippen LogP contribution in [0.15, 0.2) is 48.5 Å². The lowest BCUT2D eigenvalue weighted by molar-refractivity contribution is 0.103. The maximum absolute atomic E-state index is 12.7. The number of anilines is 2. The lowest BCUT2D eigenvalue weighted by Gasteiger charge is -2.05. The van der Waals surface area contributed by atoms with E-state index < -0.39 is 0 Å². The van der Waals surface area contributed by atoms with E-state index in [2.05, 4.69) is 10.3 Å². The molecule has 0 aliphatic rings. The first kappa shape index (κ1) is 17.3. The number of nitrogens with one attached hydrogen (secondary N) is 1. The zero-order chi connectivity index (χ0) is 19.0. The topological polar surface area (TPSA) is 77.2 Å². The minimum absolute atomic E-state index is 0.224. The number of ether oxygens (including phenoxy) is 1. The van der Waals surface area contributed by atoms with Crippen LogP contribution in [-0.2, 0) is 0 Å². The first-order valence-electron chi connectivity index (χ1n) is 8.68. The largest absolute Gasteiger partial charge is 0.494 e. The highest BCUT2D eigenvalue weighted by Gasteiger charge is 2.18. The quantitative estimate of drug-likeness (QED) is 0.525. The summed E-state index contributed by atoms with van der Waals surface area (Å²) in [6.07, 6.45) is 0. The number of rotatable bonds is 4. The van der Waals surface area contributed by atoms with Crippen molar-refractivity contribution in [3.63, 3.8) is 0 Å². The molecule has 4 aromatic rings. The van der Waals surface area contributed by atoms with Gasteiger partial charge in [-0.2, -0.15) is 0 Å². The first-order chi connectivity index (χ1) is 13.0. The second-order valence-electron chi connectivity index (χ2n) is 6.29. The number of thiophene rings is 1. The Balaban J connectivity index is 1.72. The van der Waals surface area contributed by atoms with Gasteiger partial charge in [-0.25, -0.2) is 4.98 Å². The van der Waals surface area contributed by atoms with Gasteiger partial charge in [-0.05, 0) is 44.2 Å². The van der Waals surface area contributed by atoms with Crippen molar-refractivity contribution < 1.29 is 9.53 Å². The molecule has 5 nitrogen and oxygen atoms in total. The molecule has 0 spiro atoms. The molecule has 2 aromatic heterocycles. The molecular formula is C21H19N3O2S. The lowest BCUT2D eigenvalue weighted by Crippen LogP contribution is -2.11. The van der Waals surface area contributed by atoms with Gasteiger partial charge in [0, 0.05) is 22.5 Å². The van der Waals surface area contributed by atoms with Gasteiger partial charge in [0.1, 0.15) is 15.5 Å². The summed E-state index contributed by atoms with van der Waals surface area (Å²) in [5.41, 5.74) is 9.43. The number of nitrogens with zero attached hydrogens (tertiary/aromatic N) is 1. The summed E-state index contributed by atoms with van der Waals surface area (Å²) in [4.78, 5) is 18.6. The maximum atomic E-state index is 12.7. The van der Waals surface area contributed by atoms with Crippen molar-refractivity contribution in [2.75, 3.05) is 17.7 Å². The van der Waals surface area contributed by atoms with Crippen LogP contribution in [0.4, 0.5) is 11.4 Å². The number of nitrogens with two attached hydrogens (primary N) is 1. The molecule has 0 radical (unpaired) electrons. The summed E-state index contributed by atoms with van der Waals surface area (Å²) < 4.78 is 5.54. The molecule has 4 rings (SSSR count). The van der Waals surface area contributed by atoms with Crippen molar-refractivity contribution in [1.82, 2.24) is 4.98 Å². The van der Waals surface area contributed by atoms with E-state index in [4.69, 9.17) is 10.5 Å². The third kappa shape index (κ3) is 3.31. The van der Waals surface area contributed by atoms with Crippen LogP contribution in [0.25, 0.3) is 21.1 Å². The lowest BCUT2D eigenvalue weighted by atomic mass is 10.1. The molecular weight excluding hydrogens is 358 g/mol. The Morgan fingerprint density at radius 2 is 1.96 bits per heavy atom. The average molecular weight is 377 g/mol. The zero-order valence-corrected chi connectivity index (χ0v) is 15.9. The Kier molecular flexibility index (Phi) is 4.41. The van der Waals surface area contributed by atoms with Gasteiger partial charge in [0.05, 0.1) is 17.8 Å². The Labute approximate surface area is 160 Å². The van der Waals surface area contributed by atoms with Crippen LogP contribution in [-0.4, -0.2) is 17.5 Å². The molecule has 0 unspecified atom stereocenters. The van der Waals surface area contributed by atoms with Crippen molar-refractivity contribution in [2.24, 2.45) is 0 Å². The van der Waals surface area contributed by atoms with Crippen LogP contribution in [0, 0.1) is 6.92 Å². The number of fused-ring (bicyclic) bond motifs is 2. The number of aryl methyl sites for hydroxylation is 1. The molecule has 0 aliphatic heterocycles. The van der Waals surface area contributed by atoms with Gasteiger partial charge in [-0.15, -0.1) is 11.3 Å². The van der Waals surface area contributed by atoms with Crippen molar-refractivity contribution in [3.05, 3.63) is 59.0 Å². The highest BCUT2D eigenvalue weighted by atomic mass is 32.1. The minimum atomic E-state index is -0.224. The van der Waals surface area contributed by atoms with Gasteiger partial charge < -0.3 is 15.8 Å². The Morgan fingerprint density at radius 3 is 2.70 bits per heavy atom. The number of carbonyl (C=O) groups is 1. The Morgan fingerprint density at radius 1 is 1.19 bits per heavy atom. The first-order valence-corrected chi connectivity index (χ1v) is 9.50. The smallest absolute Gasteiger partial charge is 0.267 e. The van der Waals surface area contributed by atoms with E-state index in [9.17, 15) is 4.79 Å². The van der Waals surface area contributed by atoms with E-state index in [1.54, 1.807) is 0 Å². The van der Waals surface area contributed by atoms with E-state index in [0.717, 1.165) is 38.1 Å².